The Bertz CT molecular complexity index is 1350. The second-order valence-corrected chi connectivity index (χ2v) is 12.5. The number of nitrogens with one attached hydrogen (secondary N) is 2. The number of anilines is 1. The molecule has 41 heavy (non-hydrogen) atoms. The average molecular weight is 614 g/mol. The van der Waals surface area contributed by atoms with E-state index in [2.05, 4.69) is 28.8 Å². The van der Waals surface area contributed by atoms with E-state index in [1.165, 1.54) is 11.1 Å². The Labute approximate surface area is 249 Å². The van der Waals surface area contributed by atoms with Gasteiger partial charge in [0.05, 0.1) is 0 Å². The van der Waals surface area contributed by atoms with E-state index in [1.807, 2.05) is 84.9 Å². The number of urea groups is 1. The van der Waals surface area contributed by atoms with E-state index in [9.17, 15) is 15.0 Å². The summed E-state index contributed by atoms with van der Waals surface area (Å²) >= 11 is -0.0689. The quantitative estimate of drug-likeness (QED) is 0.0932. The molecule has 0 aromatic heterocycles. The van der Waals surface area contributed by atoms with E-state index in [-0.39, 0.29) is 28.4 Å². The first-order valence-electron chi connectivity index (χ1n) is 14.0. The Kier molecular flexibility index (Phi) is 12.3. The number of amides is 2. The molecule has 0 aliphatic carbocycles. The summed E-state index contributed by atoms with van der Waals surface area (Å²) in [5.74, 6) is 0.634. The Hall–Kier alpha value is -3.57. The van der Waals surface area contributed by atoms with Crippen LogP contribution in [0, 0.1) is 0 Å². The molecule has 0 aliphatic rings. The minimum atomic E-state index is -0.568. The van der Waals surface area contributed by atoms with Gasteiger partial charge >= 0.3 is 220 Å². The Morgan fingerprint density at radius 1 is 0.829 bits per heavy atom. The van der Waals surface area contributed by atoms with E-state index >= 15 is 0 Å². The van der Waals surface area contributed by atoms with Crippen molar-refractivity contribution < 1.29 is 19.7 Å². The van der Waals surface area contributed by atoms with Crippen molar-refractivity contribution >= 4 is 27.5 Å². The van der Waals surface area contributed by atoms with Gasteiger partial charge in [0.2, 0.25) is 0 Å². The number of ether oxygens (including phenoxy) is 1. The molecule has 0 bridgehead atoms. The summed E-state index contributed by atoms with van der Waals surface area (Å²) < 4.78 is 5.91. The molecule has 2 amide bonds. The van der Waals surface area contributed by atoms with Crippen LogP contribution in [-0.4, -0.2) is 38.5 Å². The third kappa shape index (κ3) is 10.4. The number of aliphatic hydroxyl groups excluding tert-OH is 2. The number of benzene rings is 4. The first kappa shape index (κ1) is 30.4. The van der Waals surface area contributed by atoms with E-state index in [1.54, 1.807) is 0 Å². The monoisotopic (exact) mass is 613 g/mol. The average Bonchev–Trinajstić information content (AvgIpc) is 3.01. The standard InChI is InChI=1S/C34H38AsN2O4/c38-24-30-22-29(16-17-33(30)41-25-28-11-5-2-6-12-28)32(39)23-35-19-18-27-13-7-15-31(21-27)37-34(40)36-20-8-14-26-9-3-1-4-10-26/h1-7,9-13,15-17,21-22,32,38-39H,8,14,18-20,23-25H2,(H2,36,37,40)/t32-/m0/s1. The Morgan fingerprint density at radius 2 is 1.56 bits per heavy atom. The molecular weight excluding hydrogens is 575 g/mol. The van der Waals surface area contributed by atoms with Gasteiger partial charge in [0.15, 0.2) is 0 Å². The van der Waals surface area contributed by atoms with E-state index < -0.39 is 6.10 Å². The van der Waals surface area contributed by atoms with E-state index in [0.717, 1.165) is 46.5 Å². The maximum atomic E-state index is 12.3. The van der Waals surface area contributed by atoms with Crippen molar-refractivity contribution in [2.75, 3.05) is 11.9 Å². The van der Waals surface area contributed by atoms with Crippen LogP contribution in [0.2, 0.25) is 10.4 Å². The molecule has 1 radical (unpaired) electrons. The van der Waals surface area contributed by atoms with E-state index in [4.69, 9.17) is 4.74 Å². The maximum absolute atomic E-state index is 12.3. The van der Waals surface area contributed by atoms with Crippen molar-refractivity contribution in [3.05, 3.63) is 131 Å². The molecule has 0 heterocycles. The van der Waals surface area contributed by atoms with Crippen LogP contribution in [0.3, 0.4) is 0 Å². The molecule has 0 unspecified atom stereocenters. The molecule has 4 aromatic rings. The summed E-state index contributed by atoms with van der Waals surface area (Å²) in [4.78, 5) is 12.3. The van der Waals surface area contributed by atoms with Gasteiger partial charge in [0, 0.05) is 0 Å². The molecule has 213 valence electrons. The van der Waals surface area contributed by atoms with Crippen LogP contribution in [0.5, 0.6) is 5.75 Å². The summed E-state index contributed by atoms with van der Waals surface area (Å²) in [6.07, 6.45) is 2.15. The van der Waals surface area contributed by atoms with Gasteiger partial charge in [-0.1, -0.05) is 30.3 Å². The second kappa shape index (κ2) is 16.6. The van der Waals surface area contributed by atoms with Gasteiger partial charge in [-0.15, -0.1) is 0 Å². The molecule has 0 spiro atoms. The molecule has 6 nitrogen and oxygen atoms in total. The third-order valence-electron chi connectivity index (χ3n) is 6.69. The summed E-state index contributed by atoms with van der Waals surface area (Å²) in [6.45, 7) is 0.904. The number of aliphatic hydroxyl groups is 2. The van der Waals surface area contributed by atoms with Crippen LogP contribution in [0.25, 0.3) is 0 Å². The van der Waals surface area contributed by atoms with Gasteiger partial charge in [-0.2, -0.15) is 0 Å². The predicted molar refractivity (Wildman–Crippen MR) is 165 cm³/mol. The number of rotatable bonds is 15. The van der Waals surface area contributed by atoms with Crippen LogP contribution < -0.4 is 15.4 Å². The topological polar surface area (TPSA) is 90.8 Å². The molecule has 4 rings (SSSR count). The zero-order chi connectivity index (χ0) is 28.7. The van der Waals surface area contributed by atoms with Gasteiger partial charge in [0.1, 0.15) is 0 Å². The first-order chi connectivity index (χ1) is 20.1. The third-order valence-corrected chi connectivity index (χ3v) is 9.09. The van der Waals surface area contributed by atoms with Crippen LogP contribution in [0.4, 0.5) is 10.5 Å². The van der Waals surface area contributed by atoms with Crippen molar-refractivity contribution in [2.45, 2.75) is 49.0 Å². The SMILES string of the molecule is O=C(NCCCc1ccccc1)Nc1cccc(CC[As]C[C@H](O)c2ccc(OCc3ccccc3)c(CO)c2)c1. The van der Waals surface area contributed by atoms with Crippen LogP contribution >= 0.6 is 0 Å². The summed E-state index contributed by atoms with van der Waals surface area (Å²) in [6, 6.07) is 33.5. The number of aryl methyl sites for hydroxylation is 2. The van der Waals surface area contributed by atoms with Gasteiger partial charge in [-0.3, -0.25) is 0 Å². The molecule has 0 saturated heterocycles. The summed E-state index contributed by atoms with van der Waals surface area (Å²) in [5, 5.41) is 28.2. The minimum absolute atomic E-state index is 0.0689. The normalized spacial score (nSPS) is 11.9. The van der Waals surface area contributed by atoms with Crippen molar-refractivity contribution in [3.63, 3.8) is 0 Å². The Morgan fingerprint density at radius 3 is 2.32 bits per heavy atom. The van der Waals surface area contributed by atoms with Gasteiger partial charge in [-0.05, 0) is 0 Å². The molecule has 0 aliphatic heterocycles. The van der Waals surface area contributed by atoms with Crippen molar-refractivity contribution in [1.29, 1.82) is 0 Å². The summed E-state index contributed by atoms with van der Waals surface area (Å²) in [5.41, 5.74) is 5.76. The zero-order valence-corrected chi connectivity index (χ0v) is 25.1. The van der Waals surface area contributed by atoms with Gasteiger partial charge < -0.3 is 0 Å². The summed E-state index contributed by atoms with van der Waals surface area (Å²) in [7, 11) is 0. The van der Waals surface area contributed by atoms with E-state index in [0.29, 0.717) is 24.5 Å². The van der Waals surface area contributed by atoms with Gasteiger partial charge in [0.25, 0.3) is 0 Å². The Balaban J connectivity index is 1.16. The van der Waals surface area contributed by atoms with Crippen LogP contribution in [0.1, 0.15) is 40.3 Å². The molecular formula is C34H38AsN2O4. The molecule has 7 heteroatoms. The number of carbonyl (C=O) groups excluding carboxylic acids is 1. The zero-order valence-electron chi connectivity index (χ0n) is 23.2. The molecule has 4 N–H and O–H groups in total. The van der Waals surface area contributed by atoms with Crippen molar-refractivity contribution in [2.24, 2.45) is 0 Å². The van der Waals surface area contributed by atoms with Crippen molar-refractivity contribution in [3.8, 4) is 5.75 Å². The molecule has 1 atom stereocenters. The van der Waals surface area contributed by atoms with Crippen LogP contribution in [-0.2, 0) is 26.1 Å². The van der Waals surface area contributed by atoms with Crippen molar-refractivity contribution in [1.82, 2.24) is 5.32 Å². The predicted octanol–water partition coefficient (Wildman–Crippen LogP) is 6.33. The molecule has 0 fully saturated rings. The van der Waals surface area contributed by atoms with Gasteiger partial charge in [-0.25, -0.2) is 0 Å². The number of carbonyl (C=O) groups is 1. The molecule has 0 saturated carbocycles. The van der Waals surface area contributed by atoms with Crippen LogP contribution in [0.15, 0.2) is 103 Å². The number of hydrogen-bond donors (Lipinski definition) is 4. The second-order valence-electron chi connectivity index (χ2n) is 9.87. The number of hydrogen-bond acceptors (Lipinski definition) is 4. The first-order valence-corrected chi connectivity index (χ1v) is 16.7. The molecule has 4 aromatic carbocycles. The fraction of sp³-hybridized carbons (Fsp3) is 0.265. The fourth-order valence-corrected chi connectivity index (χ4v) is 6.66. The fourth-order valence-electron chi connectivity index (χ4n) is 4.45.